The van der Waals surface area contributed by atoms with Gasteiger partial charge in [0.25, 0.3) is 5.69 Å². The van der Waals surface area contributed by atoms with Crippen molar-refractivity contribution in [1.82, 2.24) is 0 Å². The second-order valence-corrected chi connectivity index (χ2v) is 5.51. The molecule has 7 heteroatoms. The van der Waals surface area contributed by atoms with Crippen LogP contribution in [0.5, 0.6) is 0 Å². The minimum atomic E-state index is -0.533. The van der Waals surface area contributed by atoms with E-state index in [1.165, 1.54) is 12.1 Å². The van der Waals surface area contributed by atoms with Crippen LogP contribution >= 0.6 is 23.2 Å². The maximum absolute atomic E-state index is 11.0. The van der Waals surface area contributed by atoms with Crippen LogP contribution in [-0.4, -0.2) is 22.7 Å². The number of hydrogen-bond acceptors (Lipinski definition) is 4. The molecule has 0 bridgehead atoms. The lowest BCUT2D eigenvalue weighted by molar-refractivity contribution is -0.384. The van der Waals surface area contributed by atoms with E-state index in [-0.39, 0.29) is 34.1 Å². The molecule has 0 aromatic heterocycles. The van der Waals surface area contributed by atoms with E-state index in [1.54, 1.807) is 0 Å². The van der Waals surface area contributed by atoms with Crippen LogP contribution in [0.15, 0.2) is 12.1 Å². The first-order chi connectivity index (χ1) is 8.85. The van der Waals surface area contributed by atoms with Crippen LogP contribution in [0.2, 0.25) is 10.0 Å². The van der Waals surface area contributed by atoms with Crippen molar-refractivity contribution in [2.45, 2.75) is 26.3 Å². The first-order valence-corrected chi connectivity index (χ1v) is 6.61. The van der Waals surface area contributed by atoms with Gasteiger partial charge in [0, 0.05) is 12.1 Å². The largest absolute Gasteiger partial charge is 0.394 e. The van der Waals surface area contributed by atoms with Crippen LogP contribution in [0.4, 0.5) is 11.4 Å². The minimum Gasteiger partial charge on any atom is -0.394 e. The van der Waals surface area contributed by atoms with Gasteiger partial charge in [-0.15, -0.1) is 0 Å². The van der Waals surface area contributed by atoms with E-state index in [1.807, 2.05) is 13.8 Å². The number of nitro groups is 1. The van der Waals surface area contributed by atoms with Crippen LogP contribution in [0.1, 0.15) is 20.3 Å². The van der Waals surface area contributed by atoms with Crippen LogP contribution in [0, 0.1) is 16.0 Å². The van der Waals surface area contributed by atoms with Gasteiger partial charge in [0.05, 0.1) is 21.6 Å². The van der Waals surface area contributed by atoms with Crippen molar-refractivity contribution in [3.05, 3.63) is 32.3 Å². The summed E-state index contributed by atoms with van der Waals surface area (Å²) >= 11 is 11.6. The van der Waals surface area contributed by atoms with Crippen molar-refractivity contribution in [3.8, 4) is 0 Å². The summed E-state index contributed by atoms with van der Waals surface area (Å²) in [5.74, 6) is 0.353. The molecule has 0 heterocycles. The van der Waals surface area contributed by atoms with Gasteiger partial charge >= 0.3 is 0 Å². The van der Waals surface area contributed by atoms with E-state index in [9.17, 15) is 15.2 Å². The summed E-state index contributed by atoms with van der Waals surface area (Å²) in [5.41, 5.74) is 0.107. The van der Waals surface area contributed by atoms with Gasteiger partial charge in [-0.3, -0.25) is 10.1 Å². The third-order valence-electron chi connectivity index (χ3n) is 2.57. The molecule has 0 amide bonds. The summed E-state index contributed by atoms with van der Waals surface area (Å²) in [6.07, 6.45) is 0.688. The summed E-state index contributed by atoms with van der Waals surface area (Å²) in [4.78, 5) is 10.4. The number of nitro benzene ring substituents is 1. The molecule has 0 aliphatic carbocycles. The summed E-state index contributed by atoms with van der Waals surface area (Å²) in [7, 11) is 0. The SMILES string of the molecule is CC(C)CC(CO)Nc1cc(Cl)c(Cl)cc1[N+](=O)[O-]. The fraction of sp³-hybridized carbons (Fsp3) is 0.500. The molecule has 106 valence electrons. The predicted octanol–water partition coefficient (Wildman–Crippen LogP) is 3.72. The molecule has 0 radical (unpaired) electrons. The zero-order valence-corrected chi connectivity index (χ0v) is 12.2. The number of hydrogen-bond donors (Lipinski definition) is 2. The Labute approximate surface area is 121 Å². The van der Waals surface area contributed by atoms with Gasteiger partial charge < -0.3 is 10.4 Å². The lowest BCUT2D eigenvalue weighted by Gasteiger charge is -2.19. The molecule has 1 aromatic carbocycles. The molecule has 0 saturated carbocycles. The average molecular weight is 307 g/mol. The highest BCUT2D eigenvalue weighted by molar-refractivity contribution is 6.42. The Hall–Kier alpha value is -1.04. The lowest BCUT2D eigenvalue weighted by Crippen LogP contribution is -2.26. The smallest absolute Gasteiger partial charge is 0.293 e. The fourth-order valence-corrected chi connectivity index (χ4v) is 2.09. The summed E-state index contributed by atoms with van der Waals surface area (Å²) in [6.45, 7) is 3.90. The molecule has 5 nitrogen and oxygen atoms in total. The lowest BCUT2D eigenvalue weighted by atomic mass is 10.0. The average Bonchev–Trinajstić information content (AvgIpc) is 2.31. The van der Waals surface area contributed by atoms with Gasteiger partial charge in [-0.05, 0) is 18.4 Å². The minimum absolute atomic E-state index is 0.115. The van der Waals surface area contributed by atoms with Crippen LogP contribution in [0.3, 0.4) is 0 Å². The van der Waals surface area contributed by atoms with E-state index in [2.05, 4.69) is 5.32 Å². The zero-order chi connectivity index (χ0) is 14.6. The molecule has 1 unspecified atom stereocenters. The van der Waals surface area contributed by atoms with Gasteiger partial charge in [-0.2, -0.15) is 0 Å². The standard InChI is InChI=1S/C12H16Cl2N2O3/c1-7(2)3-8(6-17)15-11-4-9(13)10(14)5-12(11)16(18)19/h4-5,7-8,15,17H,3,6H2,1-2H3. The molecule has 2 N–H and O–H groups in total. The van der Waals surface area contributed by atoms with Crippen molar-refractivity contribution in [1.29, 1.82) is 0 Å². The predicted molar refractivity (Wildman–Crippen MR) is 77.1 cm³/mol. The molecule has 0 saturated heterocycles. The van der Waals surface area contributed by atoms with Crippen molar-refractivity contribution < 1.29 is 10.0 Å². The number of benzene rings is 1. The van der Waals surface area contributed by atoms with Crippen molar-refractivity contribution in [3.63, 3.8) is 0 Å². The van der Waals surface area contributed by atoms with Crippen molar-refractivity contribution in [2.75, 3.05) is 11.9 Å². The first kappa shape index (κ1) is 16.0. The number of nitrogens with one attached hydrogen (secondary N) is 1. The topological polar surface area (TPSA) is 75.4 Å². The number of halogens is 2. The second-order valence-electron chi connectivity index (χ2n) is 4.69. The van der Waals surface area contributed by atoms with E-state index in [0.29, 0.717) is 12.3 Å². The monoisotopic (exact) mass is 306 g/mol. The van der Waals surface area contributed by atoms with Gasteiger partial charge in [0.2, 0.25) is 0 Å². The summed E-state index contributed by atoms with van der Waals surface area (Å²) < 4.78 is 0. The maximum atomic E-state index is 11.0. The summed E-state index contributed by atoms with van der Waals surface area (Å²) in [5, 5.41) is 23.6. The molecule has 0 aliphatic heterocycles. The Kier molecular flexibility index (Phi) is 5.85. The maximum Gasteiger partial charge on any atom is 0.293 e. The molecule has 0 fully saturated rings. The second kappa shape index (κ2) is 6.93. The molecule has 0 aliphatic rings. The number of aliphatic hydroxyl groups is 1. The third-order valence-corrected chi connectivity index (χ3v) is 3.29. The Morgan fingerprint density at radius 2 is 1.95 bits per heavy atom. The quantitative estimate of drug-likeness (QED) is 0.620. The summed E-state index contributed by atoms with van der Waals surface area (Å²) in [6, 6.07) is 2.34. The fourth-order valence-electron chi connectivity index (χ4n) is 1.77. The van der Waals surface area contributed by atoms with E-state index >= 15 is 0 Å². The molecular weight excluding hydrogens is 291 g/mol. The Bertz CT molecular complexity index is 467. The number of anilines is 1. The van der Waals surface area contributed by atoms with Crippen LogP contribution in [0.25, 0.3) is 0 Å². The Morgan fingerprint density at radius 1 is 1.37 bits per heavy atom. The highest BCUT2D eigenvalue weighted by Crippen LogP contribution is 2.34. The third kappa shape index (κ3) is 4.53. The number of rotatable bonds is 6. The molecule has 1 atom stereocenters. The number of nitrogens with zero attached hydrogens (tertiary/aromatic N) is 1. The molecule has 19 heavy (non-hydrogen) atoms. The molecule has 0 spiro atoms. The molecular formula is C12H16Cl2N2O3. The van der Waals surface area contributed by atoms with E-state index < -0.39 is 4.92 Å². The van der Waals surface area contributed by atoms with E-state index in [0.717, 1.165) is 0 Å². The van der Waals surface area contributed by atoms with Crippen molar-refractivity contribution in [2.24, 2.45) is 5.92 Å². The Morgan fingerprint density at radius 3 is 2.42 bits per heavy atom. The van der Waals surface area contributed by atoms with Gasteiger partial charge in [0.15, 0.2) is 0 Å². The van der Waals surface area contributed by atoms with Gasteiger partial charge in [-0.25, -0.2) is 0 Å². The van der Waals surface area contributed by atoms with Gasteiger partial charge in [0.1, 0.15) is 5.69 Å². The van der Waals surface area contributed by atoms with Gasteiger partial charge in [-0.1, -0.05) is 37.0 Å². The van der Waals surface area contributed by atoms with Crippen LogP contribution in [-0.2, 0) is 0 Å². The van der Waals surface area contributed by atoms with E-state index in [4.69, 9.17) is 23.2 Å². The zero-order valence-electron chi connectivity index (χ0n) is 10.7. The highest BCUT2D eigenvalue weighted by Gasteiger charge is 2.20. The Balaban J connectivity index is 3.04. The van der Waals surface area contributed by atoms with Crippen molar-refractivity contribution >= 4 is 34.6 Å². The first-order valence-electron chi connectivity index (χ1n) is 5.86. The molecule has 1 aromatic rings. The highest BCUT2D eigenvalue weighted by atomic mass is 35.5. The normalized spacial score (nSPS) is 12.5. The molecule has 1 rings (SSSR count). The van der Waals surface area contributed by atoms with Crippen LogP contribution < -0.4 is 5.32 Å². The number of aliphatic hydroxyl groups excluding tert-OH is 1.